The molecule has 6 heteroatoms. The molecule has 6 nitrogen and oxygen atoms in total. The molecule has 0 N–H and O–H groups in total. The van der Waals surface area contributed by atoms with Gasteiger partial charge >= 0.3 is 17.9 Å². The van der Waals surface area contributed by atoms with Crippen LogP contribution >= 0.6 is 0 Å². The van der Waals surface area contributed by atoms with Gasteiger partial charge in [0.15, 0.2) is 6.10 Å². The Bertz CT molecular complexity index is 1540. The van der Waals surface area contributed by atoms with E-state index in [1.807, 2.05) is 0 Å². The number of rotatable bonds is 57. The number of esters is 3. The van der Waals surface area contributed by atoms with Gasteiger partial charge in [0.05, 0.1) is 0 Å². The highest BCUT2D eigenvalue weighted by Gasteiger charge is 2.19. The van der Waals surface area contributed by atoms with E-state index >= 15 is 0 Å². The topological polar surface area (TPSA) is 78.9 Å². The minimum absolute atomic E-state index is 0.0795. The molecule has 0 saturated carbocycles. The fourth-order valence-corrected chi connectivity index (χ4v) is 8.81. The molecule has 0 aromatic carbocycles. The maximum atomic E-state index is 12.9. The van der Waals surface area contributed by atoms with E-state index in [-0.39, 0.29) is 31.1 Å². The third-order valence-corrected chi connectivity index (χ3v) is 13.5. The quantitative estimate of drug-likeness (QED) is 0.0261. The minimum Gasteiger partial charge on any atom is -0.462 e. The second-order valence-corrected chi connectivity index (χ2v) is 20.9. The molecular formula is C70H118O6. The second-order valence-electron chi connectivity index (χ2n) is 20.9. The molecule has 0 radical (unpaired) electrons. The molecule has 0 aromatic heterocycles. The number of carbonyl (C=O) groups is 3. The van der Waals surface area contributed by atoms with Crippen LogP contribution in [0.15, 0.2) is 109 Å². The first kappa shape index (κ1) is 72.1. The second kappa shape index (κ2) is 63.6. The van der Waals surface area contributed by atoms with Crippen LogP contribution in [0.5, 0.6) is 0 Å². The van der Waals surface area contributed by atoms with Crippen molar-refractivity contribution < 1.29 is 28.6 Å². The molecule has 434 valence electrons. The average molecular weight is 1060 g/mol. The summed E-state index contributed by atoms with van der Waals surface area (Å²) in [6.07, 6.45) is 87.0. The van der Waals surface area contributed by atoms with Gasteiger partial charge in [-0.2, -0.15) is 0 Å². The molecule has 0 rings (SSSR count). The molecule has 0 spiro atoms. The van der Waals surface area contributed by atoms with Crippen LogP contribution in [0, 0.1) is 0 Å². The van der Waals surface area contributed by atoms with Crippen molar-refractivity contribution in [2.75, 3.05) is 13.2 Å². The molecule has 76 heavy (non-hydrogen) atoms. The average Bonchev–Trinajstić information content (AvgIpc) is 3.42. The Morgan fingerprint density at radius 2 is 0.513 bits per heavy atom. The summed E-state index contributed by atoms with van der Waals surface area (Å²) in [7, 11) is 0. The smallest absolute Gasteiger partial charge is 0.306 e. The van der Waals surface area contributed by atoms with Crippen molar-refractivity contribution in [1.29, 1.82) is 0 Å². The van der Waals surface area contributed by atoms with Crippen LogP contribution in [-0.2, 0) is 28.6 Å². The van der Waals surface area contributed by atoms with Crippen molar-refractivity contribution in [3.63, 3.8) is 0 Å². The highest BCUT2D eigenvalue weighted by atomic mass is 16.6. The first-order chi connectivity index (χ1) is 37.5. The molecule has 0 aliphatic heterocycles. The maximum Gasteiger partial charge on any atom is 0.306 e. The summed E-state index contributed by atoms with van der Waals surface area (Å²) in [5.74, 6) is -0.889. The standard InChI is InChI=1S/C70H118O6/c1-4-7-10-13-16-18-20-22-24-26-28-30-32-34-35-37-38-40-42-44-46-48-50-52-54-57-60-63-69(72)75-66-67(65-74-68(71)62-59-56-15-12-9-6-3)76-70(73)64-61-58-55-53-51-49-47-45-43-41-39-36-33-31-29-27-25-23-21-19-17-14-11-8-5-2/h7-8,10-11,16-19,22-25,28-31,36,39,67H,4-6,9,12-15,20-21,26-27,32-35,37-38,40-66H2,1-3H3/b10-7-,11-8-,18-16-,19-17-,24-22-,25-23-,30-28-,31-29-,39-36-. The van der Waals surface area contributed by atoms with E-state index in [0.29, 0.717) is 19.3 Å². The first-order valence-electron chi connectivity index (χ1n) is 31.9. The summed E-state index contributed by atoms with van der Waals surface area (Å²) in [6.45, 7) is 6.37. The molecule has 0 amide bonds. The summed E-state index contributed by atoms with van der Waals surface area (Å²) < 4.78 is 16.8. The molecule has 0 aliphatic rings. The maximum absolute atomic E-state index is 12.9. The van der Waals surface area contributed by atoms with Crippen molar-refractivity contribution >= 4 is 17.9 Å². The van der Waals surface area contributed by atoms with Crippen LogP contribution in [0.25, 0.3) is 0 Å². The minimum atomic E-state index is -0.780. The molecule has 0 heterocycles. The lowest BCUT2D eigenvalue weighted by Gasteiger charge is -2.18. The van der Waals surface area contributed by atoms with Gasteiger partial charge in [0.25, 0.3) is 0 Å². The normalized spacial score (nSPS) is 12.8. The van der Waals surface area contributed by atoms with Crippen molar-refractivity contribution in [3.05, 3.63) is 109 Å². The van der Waals surface area contributed by atoms with Crippen molar-refractivity contribution in [3.8, 4) is 0 Å². The van der Waals surface area contributed by atoms with E-state index in [9.17, 15) is 14.4 Å². The molecule has 0 bridgehead atoms. The number of hydrogen-bond donors (Lipinski definition) is 0. The van der Waals surface area contributed by atoms with Crippen molar-refractivity contribution in [2.24, 2.45) is 0 Å². The molecule has 1 unspecified atom stereocenters. The lowest BCUT2D eigenvalue weighted by molar-refractivity contribution is -0.167. The summed E-state index contributed by atoms with van der Waals surface area (Å²) >= 11 is 0. The van der Waals surface area contributed by atoms with Gasteiger partial charge < -0.3 is 14.2 Å². The van der Waals surface area contributed by atoms with Crippen LogP contribution < -0.4 is 0 Å². The SMILES string of the molecule is CC/C=C\C/C=C\C/C=C\C/C=C\C/C=C\CCCCCCCCCCCC(=O)OC(COC(=O)CCCCCCCC)COC(=O)CCCCCCCCCCCCCCCC/C=C\C/C=C\C/C=C\C/C=C\CC. The Balaban J connectivity index is 4.10. The Morgan fingerprint density at radius 3 is 0.803 bits per heavy atom. The van der Waals surface area contributed by atoms with Gasteiger partial charge in [-0.15, -0.1) is 0 Å². The zero-order valence-electron chi connectivity index (χ0n) is 49.7. The van der Waals surface area contributed by atoms with Gasteiger partial charge in [-0.1, -0.05) is 284 Å². The van der Waals surface area contributed by atoms with Crippen LogP contribution in [0.3, 0.4) is 0 Å². The predicted octanol–water partition coefficient (Wildman–Crippen LogP) is 21.8. The highest BCUT2D eigenvalue weighted by molar-refractivity contribution is 5.71. The monoisotopic (exact) mass is 1050 g/mol. The third kappa shape index (κ3) is 60.9. The van der Waals surface area contributed by atoms with E-state index in [1.54, 1.807) is 0 Å². The van der Waals surface area contributed by atoms with E-state index in [1.165, 1.54) is 135 Å². The van der Waals surface area contributed by atoms with Crippen LogP contribution in [0.2, 0.25) is 0 Å². The van der Waals surface area contributed by atoms with E-state index in [0.717, 1.165) is 122 Å². The highest BCUT2D eigenvalue weighted by Crippen LogP contribution is 2.16. The predicted molar refractivity (Wildman–Crippen MR) is 330 cm³/mol. The summed E-state index contributed by atoms with van der Waals surface area (Å²) in [5.41, 5.74) is 0. The van der Waals surface area contributed by atoms with Crippen LogP contribution in [0.1, 0.15) is 297 Å². The van der Waals surface area contributed by atoms with Gasteiger partial charge in [-0.05, 0) is 103 Å². The fraction of sp³-hybridized carbons (Fsp3) is 0.700. The first-order valence-corrected chi connectivity index (χ1v) is 31.9. The third-order valence-electron chi connectivity index (χ3n) is 13.5. The zero-order valence-corrected chi connectivity index (χ0v) is 49.7. The van der Waals surface area contributed by atoms with E-state index < -0.39 is 6.10 Å². The van der Waals surface area contributed by atoms with Crippen molar-refractivity contribution in [1.82, 2.24) is 0 Å². The Morgan fingerprint density at radius 1 is 0.276 bits per heavy atom. The fourth-order valence-electron chi connectivity index (χ4n) is 8.81. The Kier molecular flexibility index (Phi) is 60.3. The number of ether oxygens (including phenoxy) is 3. The number of carbonyl (C=O) groups excluding carboxylic acids is 3. The Labute approximate surface area is 470 Å². The van der Waals surface area contributed by atoms with Crippen LogP contribution in [-0.4, -0.2) is 37.2 Å². The summed E-state index contributed by atoms with van der Waals surface area (Å²) in [5, 5.41) is 0. The van der Waals surface area contributed by atoms with E-state index in [4.69, 9.17) is 14.2 Å². The molecule has 0 saturated heterocycles. The number of unbranched alkanes of at least 4 members (excludes halogenated alkanes) is 28. The lowest BCUT2D eigenvalue weighted by atomic mass is 10.0. The molecular weight excluding hydrogens is 937 g/mol. The molecule has 0 fully saturated rings. The Hall–Kier alpha value is -3.93. The number of allylic oxidation sites excluding steroid dienone is 18. The van der Waals surface area contributed by atoms with E-state index in [2.05, 4.69) is 130 Å². The van der Waals surface area contributed by atoms with Gasteiger partial charge in [0.2, 0.25) is 0 Å². The van der Waals surface area contributed by atoms with Crippen LogP contribution in [0.4, 0.5) is 0 Å². The lowest BCUT2D eigenvalue weighted by Crippen LogP contribution is -2.30. The molecule has 0 aliphatic carbocycles. The van der Waals surface area contributed by atoms with Gasteiger partial charge in [0.1, 0.15) is 13.2 Å². The summed E-state index contributed by atoms with van der Waals surface area (Å²) in [4.78, 5) is 38.0. The molecule has 1 atom stereocenters. The molecule has 0 aromatic rings. The van der Waals surface area contributed by atoms with Gasteiger partial charge in [0, 0.05) is 19.3 Å². The zero-order chi connectivity index (χ0) is 55.0. The van der Waals surface area contributed by atoms with Gasteiger partial charge in [-0.25, -0.2) is 0 Å². The number of hydrogen-bond acceptors (Lipinski definition) is 6. The van der Waals surface area contributed by atoms with Crippen molar-refractivity contribution in [2.45, 2.75) is 303 Å². The summed E-state index contributed by atoms with van der Waals surface area (Å²) in [6, 6.07) is 0. The largest absolute Gasteiger partial charge is 0.462 e. The van der Waals surface area contributed by atoms with Gasteiger partial charge in [-0.3, -0.25) is 14.4 Å².